The number of fused-ring (bicyclic) bond motifs is 1. The van der Waals surface area contributed by atoms with Crippen LogP contribution < -0.4 is 4.74 Å². The van der Waals surface area contributed by atoms with Crippen LogP contribution in [-0.2, 0) is 22.7 Å². The highest BCUT2D eigenvalue weighted by Crippen LogP contribution is 2.49. The fourth-order valence-electron chi connectivity index (χ4n) is 4.96. The van der Waals surface area contributed by atoms with Crippen LogP contribution in [0.3, 0.4) is 0 Å². The van der Waals surface area contributed by atoms with Crippen molar-refractivity contribution in [2.75, 3.05) is 20.2 Å². The summed E-state index contributed by atoms with van der Waals surface area (Å²) in [4.78, 5) is 0.0604. The van der Waals surface area contributed by atoms with Crippen molar-refractivity contribution < 1.29 is 18.3 Å². The molecule has 4 rings (SSSR count). The van der Waals surface area contributed by atoms with Crippen LogP contribution in [0, 0.1) is 18.8 Å². The summed E-state index contributed by atoms with van der Waals surface area (Å²) in [6.07, 6.45) is 2.33. The van der Waals surface area contributed by atoms with Crippen LogP contribution in [0.1, 0.15) is 30.5 Å². The van der Waals surface area contributed by atoms with Gasteiger partial charge in [0.1, 0.15) is 15.8 Å². The van der Waals surface area contributed by atoms with Gasteiger partial charge in [-0.3, -0.25) is 4.68 Å². The van der Waals surface area contributed by atoms with Gasteiger partial charge in [-0.15, -0.1) is 0 Å². The molecule has 2 heterocycles. The van der Waals surface area contributed by atoms with Gasteiger partial charge >= 0.3 is 0 Å². The molecule has 1 aliphatic heterocycles. The molecule has 1 saturated carbocycles. The summed E-state index contributed by atoms with van der Waals surface area (Å²) in [6.45, 7) is 2.28. The van der Waals surface area contributed by atoms with E-state index in [1.54, 1.807) is 21.1 Å². The number of aromatic nitrogens is 2. The van der Waals surface area contributed by atoms with Crippen LogP contribution in [0.4, 0.5) is 0 Å². The number of methoxy groups -OCH3 is 1. The largest absolute Gasteiger partial charge is 0.497 e. The maximum Gasteiger partial charge on any atom is 0.248 e. The molecule has 158 valence electrons. The van der Waals surface area contributed by atoms with Gasteiger partial charge in [-0.05, 0) is 49.8 Å². The number of aryl methyl sites for hydroxylation is 2. The van der Waals surface area contributed by atoms with Crippen molar-refractivity contribution in [2.45, 2.75) is 36.7 Å². The quantitative estimate of drug-likeness (QED) is 0.791. The van der Waals surface area contributed by atoms with Crippen LogP contribution >= 0.6 is 11.6 Å². The SMILES string of the molecule is COc1cccc([C@]2(O)CCC[C@@H]3CN(S(=O)(=O)c4c(C)nn(C)c4Cl)C[C@@H]32)c1. The van der Waals surface area contributed by atoms with Gasteiger partial charge in [0.15, 0.2) is 0 Å². The molecule has 1 aromatic heterocycles. The van der Waals surface area contributed by atoms with Crippen molar-refractivity contribution >= 4 is 21.6 Å². The molecule has 2 fully saturated rings. The molecular weight excluding hydrogens is 414 g/mol. The van der Waals surface area contributed by atoms with E-state index in [9.17, 15) is 13.5 Å². The summed E-state index contributed by atoms with van der Waals surface area (Å²) in [5.41, 5.74) is 0.0759. The Morgan fingerprint density at radius 2 is 2.10 bits per heavy atom. The number of nitrogens with zero attached hydrogens (tertiary/aromatic N) is 3. The number of halogens is 1. The number of ether oxygens (including phenoxy) is 1. The summed E-state index contributed by atoms with van der Waals surface area (Å²) in [5.74, 6) is 0.581. The fraction of sp³-hybridized carbons (Fsp3) is 0.550. The minimum atomic E-state index is -3.80. The van der Waals surface area contributed by atoms with Crippen LogP contribution in [0.15, 0.2) is 29.2 Å². The van der Waals surface area contributed by atoms with Gasteiger partial charge in [-0.25, -0.2) is 8.42 Å². The van der Waals surface area contributed by atoms with Crippen molar-refractivity contribution in [3.8, 4) is 5.75 Å². The zero-order chi connectivity index (χ0) is 21.0. The maximum absolute atomic E-state index is 13.4. The standard InChI is InChI=1S/C20H26ClN3O4S/c1-13-18(19(21)23(2)22-13)29(26,27)24-11-14-6-5-9-20(25,17(14)12-24)15-7-4-8-16(10-15)28-3/h4,7-8,10,14,17,25H,5-6,9,11-12H2,1-3H3/t14-,17+,20-/m1/s1. The molecular formula is C20H26ClN3O4S. The highest BCUT2D eigenvalue weighted by atomic mass is 35.5. The number of hydrogen-bond acceptors (Lipinski definition) is 5. The van der Waals surface area contributed by atoms with Gasteiger partial charge in [0.2, 0.25) is 10.0 Å². The molecule has 1 aromatic carbocycles. The number of benzene rings is 1. The van der Waals surface area contributed by atoms with Gasteiger partial charge in [0.05, 0.1) is 18.4 Å². The number of hydrogen-bond donors (Lipinski definition) is 1. The Balaban J connectivity index is 1.69. The average molecular weight is 440 g/mol. The molecule has 0 amide bonds. The van der Waals surface area contributed by atoms with Crippen molar-refractivity contribution in [1.29, 1.82) is 0 Å². The molecule has 3 atom stereocenters. The Hall–Kier alpha value is -1.61. The van der Waals surface area contributed by atoms with Gasteiger partial charge in [0, 0.05) is 26.1 Å². The van der Waals surface area contributed by atoms with Crippen LogP contribution in [-0.4, -0.2) is 47.8 Å². The molecule has 7 nitrogen and oxygen atoms in total. The minimum absolute atomic E-state index is 0.0604. The topological polar surface area (TPSA) is 84.7 Å². The Kier molecular flexibility index (Phi) is 5.17. The van der Waals surface area contributed by atoms with E-state index in [1.165, 1.54) is 8.99 Å². The maximum atomic E-state index is 13.4. The number of rotatable bonds is 4. The molecule has 1 saturated heterocycles. The first-order valence-electron chi connectivity index (χ1n) is 9.74. The van der Waals surface area contributed by atoms with E-state index >= 15 is 0 Å². The third-order valence-corrected chi connectivity index (χ3v) is 8.95. The van der Waals surface area contributed by atoms with Crippen LogP contribution in [0.2, 0.25) is 5.15 Å². The second-order valence-electron chi connectivity index (χ2n) is 8.07. The smallest absolute Gasteiger partial charge is 0.248 e. The predicted octanol–water partition coefficient (Wildman–Crippen LogP) is 2.70. The first-order chi connectivity index (χ1) is 13.7. The molecule has 0 bridgehead atoms. The van der Waals surface area contributed by atoms with E-state index < -0.39 is 15.6 Å². The molecule has 1 N–H and O–H groups in total. The van der Waals surface area contributed by atoms with Crippen LogP contribution in [0.25, 0.3) is 0 Å². The monoisotopic (exact) mass is 439 g/mol. The Morgan fingerprint density at radius 1 is 1.34 bits per heavy atom. The Morgan fingerprint density at radius 3 is 2.76 bits per heavy atom. The third kappa shape index (κ3) is 3.26. The van der Waals surface area contributed by atoms with Gasteiger partial charge in [0.25, 0.3) is 0 Å². The van der Waals surface area contributed by atoms with Crippen molar-refractivity contribution in [3.05, 3.63) is 40.7 Å². The molecule has 0 spiro atoms. The van der Waals surface area contributed by atoms with Crippen molar-refractivity contribution in [3.63, 3.8) is 0 Å². The van der Waals surface area contributed by atoms with E-state index in [-0.39, 0.29) is 28.4 Å². The third-order valence-electron chi connectivity index (χ3n) is 6.42. The lowest BCUT2D eigenvalue weighted by molar-refractivity contribution is -0.0641. The lowest BCUT2D eigenvalue weighted by atomic mass is 9.67. The fourth-order valence-corrected chi connectivity index (χ4v) is 7.19. The Labute approximate surface area is 176 Å². The summed E-state index contributed by atoms with van der Waals surface area (Å²) < 4.78 is 34.9. The van der Waals surface area contributed by atoms with Gasteiger partial charge < -0.3 is 9.84 Å². The lowest BCUT2D eigenvalue weighted by Gasteiger charge is -2.41. The molecule has 2 aliphatic rings. The summed E-state index contributed by atoms with van der Waals surface area (Å²) in [6, 6.07) is 7.44. The normalized spacial score (nSPS) is 27.8. The van der Waals surface area contributed by atoms with E-state index in [2.05, 4.69) is 5.10 Å². The molecule has 0 unspecified atom stereocenters. The summed E-state index contributed by atoms with van der Waals surface area (Å²) >= 11 is 6.25. The summed E-state index contributed by atoms with van der Waals surface area (Å²) in [5, 5.41) is 15.9. The van der Waals surface area contributed by atoms with E-state index in [0.717, 1.165) is 18.4 Å². The van der Waals surface area contributed by atoms with Crippen molar-refractivity contribution in [1.82, 2.24) is 14.1 Å². The second kappa shape index (κ2) is 7.27. The second-order valence-corrected chi connectivity index (χ2v) is 10.3. The van der Waals surface area contributed by atoms with Gasteiger partial charge in [-0.1, -0.05) is 23.7 Å². The molecule has 2 aromatic rings. The highest BCUT2D eigenvalue weighted by Gasteiger charge is 2.52. The highest BCUT2D eigenvalue weighted by molar-refractivity contribution is 7.89. The lowest BCUT2D eigenvalue weighted by Crippen LogP contribution is -2.43. The minimum Gasteiger partial charge on any atom is -0.497 e. The molecule has 29 heavy (non-hydrogen) atoms. The van der Waals surface area contributed by atoms with E-state index in [0.29, 0.717) is 24.4 Å². The summed E-state index contributed by atoms with van der Waals surface area (Å²) in [7, 11) is -0.582. The first-order valence-corrected chi connectivity index (χ1v) is 11.6. The first kappa shape index (κ1) is 20.7. The van der Waals surface area contributed by atoms with Gasteiger partial charge in [-0.2, -0.15) is 9.40 Å². The Bertz CT molecular complexity index is 1040. The van der Waals surface area contributed by atoms with Crippen LogP contribution in [0.5, 0.6) is 5.75 Å². The zero-order valence-corrected chi connectivity index (χ0v) is 18.4. The molecule has 1 aliphatic carbocycles. The van der Waals surface area contributed by atoms with Crippen molar-refractivity contribution in [2.24, 2.45) is 18.9 Å². The van der Waals surface area contributed by atoms with E-state index in [4.69, 9.17) is 16.3 Å². The molecule has 0 radical (unpaired) electrons. The molecule has 9 heteroatoms. The average Bonchev–Trinajstić information content (AvgIpc) is 3.24. The van der Waals surface area contributed by atoms with E-state index in [1.807, 2.05) is 24.3 Å². The number of sulfonamides is 1. The number of aliphatic hydroxyl groups is 1. The predicted molar refractivity (Wildman–Crippen MR) is 109 cm³/mol. The zero-order valence-electron chi connectivity index (χ0n) is 16.8.